The van der Waals surface area contributed by atoms with E-state index in [1.807, 2.05) is 48.9 Å². The van der Waals surface area contributed by atoms with E-state index in [0.717, 1.165) is 22.6 Å². The minimum atomic E-state index is -0.254. The molecule has 6 nitrogen and oxygen atoms in total. The molecule has 140 valence electrons. The van der Waals surface area contributed by atoms with E-state index in [4.69, 9.17) is 9.47 Å². The number of carbonyl (C=O) groups is 1. The Labute approximate surface area is 158 Å². The molecule has 0 radical (unpaired) electrons. The van der Waals surface area contributed by atoms with Gasteiger partial charge in [-0.05, 0) is 38.1 Å². The van der Waals surface area contributed by atoms with Crippen molar-refractivity contribution in [3.8, 4) is 17.2 Å². The summed E-state index contributed by atoms with van der Waals surface area (Å²) in [6, 6.07) is 15.2. The maximum Gasteiger partial charge on any atom is 0.259 e. The van der Waals surface area contributed by atoms with Gasteiger partial charge in [0, 0.05) is 17.8 Å². The fourth-order valence-electron chi connectivity index (χ4n) is 3.08. The number of para-hydroxylation sites is 1. The lowest BCUT2D eigenvalue weighted by molar-refractivity contribution is 0.0944. The Balaban J connectivity index is 1.84. The lowest BCUT2D eigenvalue weighted by Crippen LogP contribution is -2.24. The molecule has 0 atom stereocenters. The second kappa shape index (κ2) is 7.95. The molecule has 0 aliphatic carbocycles. The number of nitrogens with zero attached hydrogens (tertiary/aromatic N) is 2. The summed E-state index contributed by atoms with van der Waals surface area (Å²) >= 11 is 0. The van der Waals surface area contributed by atoms with Crippen LogP contribution in [-0.4, -0.2) is 29.9 Å². The molecular weight excluding hydrogens is 342 g/mol. The summed E-state index contributed by atoms with van der Waals surface area (Å²) in [5, 5.41) is 7.57. The fourth-order valence-corrected chi connectivity index (χ4v) is 3.08. The zero-order valence-electron chi connectivity index (χ0n) is 15.9. The Kier molecular flexibility index (Phi) is 5.45. The molecule has 2 aromatic carbocycles. The third-order valence-corrected chi connectivity index (χ3v) is 4.52. The first-order valence-corrected chi connectivity index (χ1v) is 8.66. The highest BCUT2D eigenvalue weighted by Gasteiger charge is 2.19. The molecule has 0 saturated heterocycles. The molecule has 6 heteroatoms. The molecule has 0 bridgehead atoms. The number of carbonyl (C=O) groups excluding carboxylic acids is 1. The first-order chi connectivity index (χ1) is 13.1. The van der Waals surface area contributed by atoms with Crippen molar-refractivity contribution in [3.63, 3.8) is 0 Å². The second-order valence-corrected chi connectivity index (χ2v) is 6.12. The number of aromatic nitrogens is 2. The standard InChI is InChI=1S/C21H23N3O3/c1-14-17(15(2)24(23-14)16-9-6-5-7-10-16)13-22-21(25)20-18(26-3)11-8-12-19(20)27-4/h5-12H,13H2,1-4H3,(H,22,25). The lowest BCUT2D eigenvalue weighted by Gasteiger charge is -2.13. The van der Waals surface area contributed by atoms with Crippen LogP contribution in [0.4, 0.5) is 0 Å². The summed E-state index contributed by atoms with van der Waals surface area (Å²) < 4.78 is 12.5. The van der Waals surface area contributed by atoms with Gasteiger partial charge >= 0.3 is 0 Å². The van der Waals surface area contributed by atoms with Crippen LogP contribution < -0.4 is 14.8 Å². The molecule has 0 aliphatic heterocycles. The predicted octanol–water partition coefficient (Wildman–Crippen LogP) is 3.44. The van der Waals surface area contributed by atoms with Crippen molar-refractivity contribution < 1.29 is 14.3 Å². The summed E-state index contributed by atoms with van der Waals surface area (Å²) in [5.74, 6) is 0.691. The van der Waals surface area contributed by atoms with Crippen LogP contribution in [0.25, 0.3) is 5.69 Å². The van der Waals surface area contributed by atoms with Gasteiger partial charge in [0.15, 0.2) is 0 Å². The van der Waals surface area contributed by atoms with E-state index in [0.29, 0.717) is 23.6 Å². The van der Waals surface area contributed by atoms with Gasteiger partial charge in [-0.25, -0.2) is 4.68 Å². The van der Waals surface area contributed by atoms with Crippen molar-refractivity contribution in [3.05, 3.63) is 71.0 Å². The molecule has 0 unspecified atom stereocenters. The smallest absolute Gasteiger partial charge is 0.259 e. The third kappa shape index (κ3) is 3.65. The zero-order valence-corrected chi connectivity index (χ0v) is 15.9. The van der Waals surface area contributed by atoms with Crippen LogP contribution in [-0.2, 0) is 6.54 Å². The van der Waals surface area contributed by atoms with Gasteiger partial charge in [0.1, 0.15) is 17.1 Å². The quantitative estimate of drug-likeness (QED) is 0.727. The van der Waals surface area contributed by atoms with Crippen LogP contribution in [0, 0.1) is 13.8 Å². The first kappa shape index (κ1) is 18.5. The predicted molar refractivity (Wildman–Crippen MR) is 104 cm³/mol. The minimum Gasteiger partial charge on any atom is -0.496 e. The van der Waals surface area contributed by atoms with E-state index in [2.05, 4.69) is 10.4 Å². The molecule has 1 aromatic heterocycles. The van der Waals surface area contributed by atoms with Crippen molar-refractivity contribution in [1.82, 2.24) is 15.1 Å². The number of rotatable bonds is 6. The minimum absolute atomic E-state index is 0.254. The number of hydrogen-bond donors (Lipinski definition) is 1. The summed E-state index contributed by atoms with van der Waals surface area (Å²) in [7, 11) is 3.06. The van der Waals surface area contributed by atoms with E-state index in [1.165, 1.54) is 14.2 Å². The number of hydrogen-bond acceptors (Lipinski definition) is 4. The molecule has 3 rings (SSSR count). The van der Waals surface area contributed by atoms with Gasteiger partial charge in [0.2, 0.25) is 0 Å². The molecule has 0 aliphatic rings. The van der Waals surface area contributed by atoms with Gasteiger partial charge in [0.05, 0.1) is 25.6 Å². The van der Waals surface area contributed by atoms with Gasteiger partial charge in [-0.1, -0.05) is 24.3 Å². The molecule has 3 aromatic rings. The monoisotopic (exact) mass is 365 g/mol. The second-order valence-electron chi connectivity index (χ2n) is 6.12. The van der Waals surface area contributed by atoms with Gasteiger partial charge < -0.3 is 14.8 Å². The third-order valence-electron chi connectivity index (χ3n) is 4.52. The van der Waals surface area contributed by atoms with E-state index in [1.54, 1.807) is 18.2 Å². The normalized spacial score (nSPS) is 10.5. The fraction of sp³-hybridized carbons (Fsp3) is 0.238. The van der Waals surface area contributed by atoms with Crippen molar-refractivity contribution >= 4 is 5.91 Å². The molecule has 27 heavy (non-hydrogen) atoms. The van der Waals surface area contributed by atoms with E-state index in [-0.39, 0.29) is 5.91 Å². The number of amides is 1. The maximum atomic E-state index is 12.8. The summed E-state index contributed by atoms with van der Waals surface area (Å²) in [6.07, 6.45) is 0. The van der Waals surface area contributed by atoms with Gasteiger partial charge in [-0.3, -0.25) is 4.79 Å². The average Bonchev–Trinajstić information content (AvgIpc) is 2.99. The molecule has 0 fully saturated rings. The Morgan fingerprint density at radius 2 is 1.63 bits per heavy atom. The van der Waals surface area contributed by atoms with Gasteiger partial charge in [-0.15, -0.1) is 0 Å². The molecular formula is C21H23N3O3. The Hall–Kier alpha value is -3.28. The Morgan fingerprint density at radius 1 is 1.00 bits per heavy atom. The highest BCUT2D eigenvalue weighted by Crippen LogP contribution is 2.28. The maximum absolute atomic E-state index is 12.8. The van der Waals surface area contributed by atoms with Crippen LogP contribution in [0.5, 0.6) is 11.5 Å². The van der Waals surface area contributed by atoms with E-state index < -0.39 is 0 Å². The SMILES string of the molecule is COc1cccc(OC)c1C(=O)NCc1c(C)nn(-c2ccccc2)c1C. The molecule has 0 saturated carbocycles. The van der Waals surface area contributed by atoms with Gasteiger partial charge in [-0.2, -0.15) is 5.10 Å². The summed E-state index contributed by atoms with van der Waals surface area (Å²) in [4.78, 5) is 12.8. The zero-order chi connectivity index (χ0) is 19.4. The largest absolute Gasteiger partial charge is 0.496 e. The van der Waals surface area contributed by atoms with Crippen molar-refractivity contribution in [2.24, 2.45) is 0 Å². The molecule has 1 amide bonds. The number of aryl methyl sites for hydroxylation is 1. The summed E-state index contributed by atoms with van der Waals surface area (Å²) in [5.41, 5.74) is 4.23. The first-order valence-electron chi connectivity index (χ1n) is 8.66. The van der Waals surface area contributed by atoms with Gasteiger partial charge in [0.25, 0.3) is 5.91 Å². The Bertz CT molecular complexity index is 927. The number of methoxy groups -OCH3 is 2. The van der Waals surface area contributed by atoms with Crippen LogP contribution in [0.2, 0.25) is 0 Å². The summed E-state index contributed by atoms with van der Waals surface area (Å²) in [6.45, 7) is 4.31. The topological polar surface area (TPSA) is 65.4 Å². The molecule has 1 N–H and O–H groups in total. The number of nitrogens with one attached hydrogen (secondary N) is 1. The van der Waals surface area contributed by atoms with Crippen LogP contribution in [0.15, 0.2) is 48.5 Å². The van der Waals surface area contributed by atoms with Crippen molar-refractivity contribution in [1.29, 1.82) is 0 Å². The van der Waals surface area contributed by atoms with Crippen molar-refractivity contribution in [2.45, 2.75) is 20.4 Å². The van der Waals surface area contributed by atoms with E-state index in [9.17, 15) is 4.79 Å². The highest BCUT2D eigenvalue weighted by molar-refractivity contribution is 5.99. The van der Waals surface area contributed by atoms with E-state index >= 15 is 0 Å². The molecule has 1 heterocycles. The average molecular weight is 365 g/mol. The van der Waals surface area contributed by atoms with Crippen LogP contribution in [0.3, 0.4) is 0 Å². The van der Waals surface area contributed by atoms with Crippen LogP contribution >= 0.6 is 0 Å². The Morgan fingerprint density at radius 3 is 2.22 bits per heavy atom. The van der Waals surface area contributed by atoms with Crippen molar-refractivity contribution in [2.75, 3.05) is 14.2 Å². The highest BCUT2D eigenvalue weighted by atomic mass is 16.5. The number of benzene rings is 2. The van der Waals surface area contributed by atoms with Crippen LogP contribution in [0.1, 0.15) is 27.3 Å². The number of ether oxygens (including phenoxy) is 2. The molecule has 0 spiro atoms. The lowest BCUT2D eigenvalue weighted by atomic mass is 10.1.